The van der Waals surface area contributed by atoms with Crippen LogP contribution in [0, 0.1) is 5.92 Å². The van der Waals surface area contributed by atoms with Gasteiger partial charge < -0.3 is 16.2 Å². The van der Waals surface area contributed by atoms with Crippen molar-refractivity contribution in [3.63, 3.8) is 0 Å². The molecule has 0 bridgehead atoms. The number of amides is 2. The van der Waals surface area contributed by atoms with Crippen molar-refractivity contribution in [3.8, 4) is 0 Å². The van der Waals surface area contributed by atoms with Crippen LogP contribution in [0.2, 0.25) is 0 Å². The molecule has 4 N–H and O–H groups in total. The fourth-order valence-electron chi connectivity index (χ4n) is 3.01. The summed E-state index contributed by atoms with van der Waals surface area (Å²) >= 11 is 0. The van der Waals surface area contributed by atoms with Crippen LogP contribution in [0.15, 0.2) is 30.3 Å². The van der Waals surface area contributed by atoms with Gasteiger partial charge in [0.05, 0.1) is 25.1 Å². The largest absolute Gasteiger partial charge is 0.394 e. The van der Waals surface area contributed by atoms with Gasteiger partial charge in [-0.2, -0.15) is 0 Å². The number of primary amides is 1. The fraction of sp³-hybridized carbons (Fsp3) is 0.529. The number of aliphatic hydroxyl groups is 1. The van der Waals surface area contributed by atoms with Gasteiger partial charge in [0.25, 0.3) is 0 Å². The number of piperidine rings is 1. The van der Waals surface area contributed by atoms with E-state index in [0.717, 1.165) is 24.9 Å². The van der Waals surface area contributed by atoms with Crippen LogP contribution in [0.5, 0.6) is 0 Å². The minimum Gasteiger partial charge on any atom is -0.394 e. The molecule has 6 nitrogen and oxygen atoms in total. The molecule has 0 aromatic heterocycles. The van der Waals surface area contributed by atoms with Gasteiger partial charge in [0.1, 0.15) is 0 Å². The molecule has 2 atom stereocenters. The van der Waals surface area contributed by atoms with Crippen molar-refractivity contribution >= 4 is 11.8 Å². The minimum atomic E-state index is -0.372. The van der Waals surface area contributed by atoms with Gasteiger partial charge in [-0.1, -0.05) is 30.3 Å². The second-order valence-electron chi connectivity index (χ2n) is 6.12. The van der Waals surface area contributed by atoms with Crippen molar-refractivity contribution in [2.24, 2.45) is 11.7 Å². The molecule has 1 unspecified atom stereocenters. The van der Waals surface area contributed by atoms with E-state index in [2.05, 4.69) is 5.32 Å². The van der Waals surface area contributed by atoms with Crippen LogP contribution in [0.1, 0.15) is 18.4 Å². The summed E-state index contributed by atoms with van der Waals surface area (Å²) in [7, 11) is 0. The maximum atomic E-state index is 12.4. The highest BCUT2D eigenvalue weighted by Gasteiger charge is 2.27. The van der Waals surface area contributed by atoms with Gasteiger partial charge in [0.2, 0.25) is 11.8 Å². The molecule has 0 saturated carbocycles. The first-order valence-corrected chi connectivity index (χ1v) is 8.04. The van der Waals surface area contributed by atoms with E-state index in [0.29, 0.717) is 13.0 Å². The van der Waals surface area contributed by atoms with Crippen LogP contribution in [-0.4, -0.2) is 54.1 Å². The van der Waals surface area contributed by atoms with E-state index >= 15 is 0 Å². The summed E-state index contributed by atoms with van der Waals surface area (Å²) in [6.07, 6.45) is 2.26. The Balaban J connectivity index is 1.87. The summed E-state index contributed by atoms with van der Waals surface area (Å²) < 4.78 is 0. The predicted octanol–water partition coefficient (Wildman–Crippen LogP) is -0.0965. The molecule has 0 spiro atoms. The first kappa shape index (κ1) is 17.4. The molecule has 1 aromatic carbocycles. The highest BCUT2D eigenvalue weighted by molar-refractivity contribution is 5.80. The molecule has 1 heterocycles. The maximum absolute atomic E-state index is 12.4. The van der Waals surface area contributed by atoms with Gasteiger partial charge in [-0.25, -0.2) is 0 Å². The minimum absolute atomic E-state index is 0.0610. The number of benzene rings is 1. The third-order valence-corrected chi connectivity index (χ3v) is 4.15. The molecule has 1 fully saturated rings. The average molecular weight is 319 g/mol. The molecule has 6 heteroatoms. The number of hydrogen-bond donors (Lipinski definition) is 3. The van der Waals surface area contributed by atoms with Gasteiger partial charge in [-0.3, -0.25) is 14.5 Å². The summed E-state index contributed by atoms with van der Waals surface area (Å²) in [5.74, 6) is -0.592. The number of nitrogens with one attached hydrogen (secondary N) is 1. The number of hydrogen-bond acceptors (Lipinski definition) is 4. The van der Waals surface area contributed by atoms with Crippen LogP contribution in [-0.2, 0) is 16.0 Å². The molecule has 23 heavy (non-hydrogen) atoms. The van der Waals surface area contributed by atoms with Gasteiger partial charge in [0.15, 0.2) is 0 Å². The van der Waals surface area contributed by atoms with Crippen molar-refractivity contribution in [1.29, 1.82) is 0 Å². The van der Waals surface area contributed by atoms with Gasteiger partial charge in [-0.15, -0.1) is 0 Å². The van der Waals surface area contributed by atoms with E-state index in [4.69, 9.17) is 5.73 Å². The zero-order chi connectivity index (χ0) is 16.7. The molecule has 1 aliphatic heterocycles. The molecular formula is C17H25N3O3. The number of carbonyl (C=O) groups is 2. The van der Waals surface area contributed by atoms with Gasteiger partial charge in [-0.05, 0) is 31.4 Å². The normalized spacial score (nSPS) is 20.0. The Morgan fingerprint density at radius 3 is 2.74 bits per heavy atom. The van der Waals surface area contributed by atoms with E-state index in [9.17, 15) is 14.7 Å². The second kappa shape index (κ2) is 8.64. The molecule has 2 amide bonds. The highest BCUT2D eigenvalue weighted by Crippen LogP contribution is 2.16. The van der Waals surface area contributed by atoms with Crippen molar-refractivity contribution < 1.29 is 14.7 Å². The van der Waals surface area contributed by atoms with E-state index < -0.39 is 0 Å². The van der Waals surface area contributed by atoms with Crippen LogP contribution >= 0.6 is 0 Å². The molecule has 1 aromatic rings. The lowest BCUT2D eigenvalue weighted by molar-refractivity contribution is -0.129. The van der Waals surface area contributed by atoms with Gasteiger partial charge in [0, 0.05) is 6.54 Å². The monoisotopic (exact) mass is 319 g/mol. The second-order valence-corrected chi connectivity index (χ2v) is 6.12. The van der Waals surface area contributed by atoms with Gasteiger partial charge >= 0.3 is 0 Å². The molecule has 0 radical (unpaired) electrons. The Kier molecular flexibility index (Phi) is 6.55. The number of nitrogens with zero attached hydrogens (tertiary/aromatic N) is 1. The van der Waals surface area contributed by atoms with Crippen LogP contribution < -0.4 is 11.1 Å². The third kappa shape index (κ3) is 5.65. The number of likely N-dealkylation sites (tertiary alicyclic amines) is 1. The van der Waals surface area contributed by atoms with E-state index in [1.807, 2.05) is 35.2 Å². The standard InChI is InChI=1S/C17H25N3O3/c18-16(22)11-20-8-4-7-14(10-20)17(23)19-15(12-21)9-13-5-2-1-3-6-13/h1-3,5-6,14-15,21H,4,7-12H2,(H2,18,22)(H,19,23)/t14?,15-/m0/s1. The first-order valence-electron chi connectivity index (χ1n) is 8.04. The lowest BCUT2D eigenvalue weighted by Crippen LogP contribution is -2.48. The summed E-state index contributed by atoms with van der Waals surface area (Å²) in [6.45, 7) is 1.42. The Hall–Kier alpha value is -1.92. The molecular weight excluding hydrogens is 294 g/mol. The van der Waals surface area contributed by atoms with E-state index in [1.165, 1.54) is 0 Å². The van der Waals surface area contributed by atoms with Crippen molar-refractivity contribution in [2.75, 3.05) is 26.2 Å². The zero-order valence-corrected chi connectivity index (χ0v) is 13.3. The van der Waals surface area contributed by atoms with Crippen molar-refractivity contribution in [3.05, 3.63) is 35.9 Å². The maximum Gasteiger partial charge on any atom is 0.231 e. The average Bonchev–Trinajstić information content (AvgIpc) is 2.54. The van der Waals surface area contributed by atoms with Crippen LogP contribution in [0.4, 0.5) is 0 Å². The topological polar surface area (TPSA) is 95.7 Å². The molecule has 126 valence electrons. The summed E-state index contributed by atoms with van der Waals surface area (Å²) in [5, 5.41) is 12.4. The summed E-state index contributed by atoms with van der Waals surface area (Å²) in [4.78, 5) is 25.4. The highest BCUT2D eigenvalue weighted by atomic mass is 16.3. The zero-order valence-electron chi connectivity index (χ0n) is 13.3. The Morgan fingerprint density at radius 2 is 2.09 bits per heavy atom. The molecule has 1 saturated heterocycles. The lowest BCUT2D eigenvalue weighted by Gasteiger charge is -2.31. The SMILES string of the molecule is NC(=O)CN1CCCC(C(=O)N[C@H](CO)Cc2ccccc2)C1. The number of rotatable bonds is 7. The predicted molar refractivity (Wildman–Crippen MR) is 87.5 cm³/mol. The quantitative estimate of drug-likeness (QED) is 0.654. The number of nitrogens with two attached hydrogens (primary N) is 1. The smallest absolute Gasteiger partial charge is 0.231 e. The number of aliphatic hydroxyl groups excluding tert-OH is 1. The summed E-state index contributed by atoms with van der Waals surface area (Å²) in [6, 6.07) is 9.47. The van der Waals surface area contributed by atoms with Crippen molar-refractivity contribution in [1.82, 2.24) is 10.2 Å². The van der Waals surface area contributed by atoms with E-state index in [1.54, 1.807) is 0 Å². The Labute approximate surface area is 136 Å². The Bertz CT molecular complexity index is 521. The van der Waals surface area contributed by atoms with E-state index in [-0.39, 0.29) is 36.9 Å². The Morgan fingerprint density at radius 1 is 1.35 bits per heavy atom. The number of carbonyl (C=O) groups excluding carboxylic acids is 2. The summed E-state index contributed by atoms with van der Waals surface area (Å²) in [5.41, 5.74) is 6.29. The third-order valence-electron chi connectivity index (χ3n) is 4.15. The van der Waals surface area contributed by atoms with Crippen LogP contribution in [0.3, 0.4) is 0 Å². The molecule has 2 rings (SSSR count). The molecule has 0 aliphatic carbocycles. The molecule has 1 aliphatic rings. The first-order chi connectivity index (χ1) is 11.1. The van der Waals surface area contributed by atoms with Crippen molar-refractivity contribution in [2.45, 2.75) is 25.3 Å². The fourth-order valence-corrected chi connectivity index (χ4v) is 3.01. The lowest BCUT2D eigenvalue weighted by atomic mass is 9.96. The van der Waals surface area contributed by atoms with Crippen LogP contribution in [0.25, 0.3) is 0 Å².